The van der Waals surface area contributed by atoms with E-state index in [9.17, 15) is 27.6 Å². The van der Waals surface area contributed by atoms with Crippen molar-refractivity contribution in [2.24, 2.45) is 11.8 Å². The number of benzene rings is 1. The number of nitrogens with one attached hydrogen (secondary N) is 1. The van der Waals surface area contributed by atoms with E-state index in [1.807, 2.05) is 12.2 Å². The molecule has 0 saturated carbocycles. The topological polar surface area (TPSA) is 66.5 Å². The van der Waals surface area contributed by atoms with Gasteiger partial charge in [0, 0.05) is 13.0 Å². The summed E-state index contributed by atoms with van der Waals surface area (Å²) >= 11 is 5.84. The van der Waals surface area contributed by atoms with E-state index in [2.05, 4.69) is 5.32 Å². The van der Waals surface area contributed by atoms with Gasteiger partial charge in [0.25, 0.3) is 0 Å². The lowest BCUT2D eigenvalue weighted by molar-refractivity contribution is -0.140. The first-order valence-corrected chi connectivity index (χ1v) is 8.73. The maximum absolute atomic E-state index is 12.8. The number of hydrogen-bond donors (Lipinski definition) is 1. The number of imide groups is 1. The minimum atomic E-state index is -4.57. The van der Waals surface area contributed by atoms with E-state index >= 15 is 0 Å². The van der Waals surface area contributed by atoms with Crippen LogP contribution in [0.15, 0.2) is 30.4 Å². The Labute approximate surface area is 158 Å². The number of anilines is 1. The smallest absolute Gasteiger partial charge is 0.325 e. The SMILES string of the molecule is O=C(CCN1C(=O)[C@@H]2CC=CC[C@H]2C1=O)Nc1cc(C(F)(F)F)ccc1Cl. The fraction of sp³-hybridized carbons (Fsp3) is 0.389. The molecule has 2 atom stereocenters. The minimum Gasteiger partial charge on any atom is -0.325 e. The van der Waals surface area contributed by atoms with Crippen molar-refractivity contribution in [3.8, 4) is 0 Å². The molecule has 3 rings (SSSR count). The number of allylic oxidation sites excluding steroid dienone is 2. The summed E-state index contributed by atoms with van der Waals surface area (Å²) in [6.07, 6.45) is -0.0777. The molecule has 5 nitrogen and oxygen atoms in total. The summed E-state index contributed by atoms with van der Waals surface area (Å²) < 4.78 is 38.3. The quantitative estimate of drug-likeness (QED) is 0.620. The molecule has 3 amide bonds. The number of rotatable bonds is 4. The van der Waals surface area contributed by atoms with Crippen LogP contribution in [0.1, 0.15) is 24.8 Å². The number of hydrogen-bond acceptors (Lipinski definition) is 3. The first-order valence-electron chi connectivity index (χ1n) is 8.35. The summed E-state index contributed by atoms with van der Waals surface area (Å²) in [6, 6.07) is 2.60. The lowest BCUT2D eigenvalue weighted by Crippen LogP contribution is -2.34. The molecule has 1 heterocycles. The molecule has 0 spiro atoms. The summed E-state index contributed by atoms with van der Waals surface area (Å²) in [6.45, 7) is -0.118. The number of carbonyl (C=O) groups is 3. The zero-order valence-electron chi connectivity index (χ0n) is 14.1. The van der Waals surface area contributed by atoms with Gasteiger partial charge < -0.3 is 5.32 Å². The van der Waals surface area contributed by atoms with Crippen molar-refractivity contribution < 1.29 is 27.6 Å². The van der Waals surface area contributed by atoms with Crippen molar-refractivity contribution in [1.29, 1.82) is 0 Å². The van der Waals surface area contributed by atoms with E-state index in [4.69, 9.17) is 11.6 Å². The van der Waals surface area contributed by atoms with Crippen LogP contribution in [0, 0.1) is 11.8 Å². The molecule has 1 saturated heterocycles. The molecule has 1 aromatic rings. The number of carbonyl (C=O) groups excluding carboxylic acids is 3. The second kappa shape index (κ2) is 7.34. The first-order chi connectivity index (χ1) is 12.7. The minimum absolute atomic E-state index is 0.0400. The fourth-order valence-corrected chi connectivity index (χ4v) is 3.48. The Morgan fingerprint density at radius 2 is 1.74 bits per heavy atom. The van der Waals surface area contributed by atoms with E-state index < -0.39 is 17.6 Å². The normalized spacial score (nSPS) is 22.1. The van der Waals surface area contributed by atoms with E-state index in [0.29, 0.717) is 12.8 Å². The number of halogens is 4. The maximum Gasteiger partial charge on any atom is 0.416 e. The van der Waals surface area contributed by atoms with Crippen molar-refractivity contribution in [2.45, 2.75) is 25.4 Å². The third-order valence-corrected chi connectivity index (χ3v) is 5.06. The predicted molar refractivity (Wildman–Crippen MR) is 91.8 cm³/mol. The molecule has 0 bridgehead atoms. The van der Waals surface area contributed by atoms with Gasteiger partial charge in [-0.25, -0.2) is 0 Å². The molecule has 144 valence electrons. The number of alkyl halides is 3. The largest absolute Gasteiger partial charge is 0.416 e. The number of fused-ring (bicyclic) bond motifs is 1. The van der Waals surface area contributed by atoms with Crippen molar-refractivity contribution in [1.82, 2.24) is 4.90 Å². The fourth-order valence-electron chi connectivity index (χ4n) is 3.31. The highest BCUT2D eigenvalue weighted by molar-refractivity contribution is 6.33. The summed E-state index contributed by atoms with van der Waals surface area (Å²) in [5, 5.41) is 2.27. The predicted octanol–water partition coefficient (Wildman–Crippen LogP) is 3.64. The average Bonchev–Trinajstić information content (AvgIpc) is 2.85. The number of likely N-dealkylation sites (tertiary alicyclic amines) is 1. The number of nitrogens with zero attached hydrogens (tertiary/aromatic N) is 1. The third-order valence-electron chi connectivity index (χ3n) is 4.73. The zero-order valence-corrected chi connectivity index (χ0v) is 14.8. The molecule has 1 aliphatic carbocycles. The summed E-state index contributed by atoms with van der Waals surface area (Å²) in [7, 11) is 0. The average molecular weight is 401 g/mol. The van der Waals surface area contributed by atoms with E-state index in [1.54, 1.807) is 0 Å². The van der Waals surface area contributed by atoms with Gasteiger partial charge in [-0.1, -0.05) is 23.8 Å². The van der Waals surface area contributed by atoms with Crippen LogP contribution in [0.2, 0.25) is 5.02 Å². The molecule has 0 aromatic heterocycles. The van der Waals surface area contributed by atoms with Gasteiger partial charge in [0.15, 0.2) is 0 Å². The van der Waals surface area contributed by atoms with Gasteiger partial charge in [0.1, 0.15) is 0 Å². The van der Waals surface area contributed by atoms with Crippen LogP contribution in [-0.2, 0) is 20.6 Å². The third kappa shape index (κ3) is 4.00. The van der Waals surface area contributed by atoms with Crippen LogP contribution >= 0.6 is 11.6 Å². The molecular formula is C18H16ClF3N2O3. The second-order valence-corrected chi connectivity index (χ2v) is 6.88. The van der Waals surface area contributed by atoms with Gasteiger partial charge in [-0.2, -0.15) is 13.2 Å². The Hall–Kier alpha value is -2.35. The first kappa shape index (κ1) is 19.4. The van der Waals surface area contributed by atoms with Crippen LogP contribution < -0.4 is 5.32 Å². The highest BCUT2D eigenvalue weighted by atomic mass is 35.5. The van der Waals surface area contributed by atoms with E-state index in [0.717, 1.165) is 23.1 Å². The Kier molecular flexibility index (Phi) is 5.28. The maximum atomic E-state index is 12.8. The zero-order chi connectivity index (χ0) is 19.8. The van der Waals surface area contributed by atoms with Gasteiger partial charge in [-0.15, -0.1) is 0 Å². The number of amides is 3. The van der Waals surface area contributed by atoms with Gasteiger partial charge in [0.2, 0.25) is 17.7 Å². The van der Waals surface area contributed by atoms with Gasteiger partial charge >= 0.3 is 6.18 Å². The Morgan fingerprint density at radius 3 is 2.30 bits per heavy atom. The van der Waals surface area contributed by atoms with Crippen LogP contribution in [0.4, 0.5) is 18.9 Å². The molecule has 1 fully saturated rings. The molecule has 9 heteroatoms. The van der Waals surface area contributed by atoms with Crippen LogP contribution in [-0.4, -0.2) is 29.2 Å². The monoisotopic (exact) mass is 400 g/mol. The molecule has 1 N–H and O–H groups in total. The van der Waals surface area contributed by atoms with E-state index in [1.165, 1.54) is 0 Å². The standard InChI is InChI=1S/C18H16ClF3N2O3/c19-13-6-5-10(18(20,21)22)9-14(13)23-15(25)7-8-24-16(26)11-3-1-2-4-12(11)17(24)27/h1-2,5-6,9,11-12H,3-4,7-8H2,(H,23,25)/t11-,12-/m1/s1. The van der Waals surface area contributed by atoms with Crippen LogP contribution in [0.5, 0.6) is 0 Å². The van der Waals surface area contributed by atoms with Crippen molar-refractivity contribution in [2.75, 3.05) is 11.9 Å². The van der Waals surface area contributed by atoms with Crippen LogP contribution in [0.25, 0.3) is 0 Å². The molecule has 2 aliphatic rings. The van der Waals surface area contributed by atoms with Crippen LogP contribution in [0.3, 0.4) is 0 Å². The van der Waals surface area contributed by atoms with Crippen molar-refractivity contribution in [3.63, 3.8) is 0 Å². The summed E-state index contributed by atoms with van der Waals surface area (Å²) in [5.41, 5.74) is -1.11. The summed E-state index contributed by atoms with van der Waals surface area (Å²) in [4.78, 5) is 37.8. The summed E-state index contributed by atoms with van der Waals surface area (Å²) in [5.74, 6) is -2.02. The lowest BCUT2D eigenvalue weighted by Gasteiger charge is -2.15. The Morgan fingerprint density at radius 1 is 1.15 bits per heavy atom. The van der Waals surface area contributed by atoms with Gasteiger partial charge in [-0.3, -0.25) is 19.3 Å². The Bertz CT molecular complexity index is 797. The van der Waals surface area contributed by atoms with Gasteiger partial charge in [-0.05, 0) is 31.0 Å². The molecule has 1 aromatic carbocycles. The Balaban J connectivity index is 1.62. The molecule has 0 unspecified atom stereocenters. The van der Waals surface area contributed by atoms with E-state index in [-0.39, 0.29) is 47.3 Å². The molecule has 1 aliphatic heterocycles. The van der Waals surface area contributed by atoms with Crippen molar-refractivity contribution in [3.05, 3.63) is 40.9 Å². The highest BCUT2D eigenvalue weighted by Gasteiger charge is 2.46. The lowest BCUT2D eigenvalue weighted by atomic mass is 9.85. The highest BCUT2D eigenvalue weighted by Crippen LogP contribution is 2.36. The molecule has 27 heavy (non-hydrogen) atoms. The molecular weight excluding hydrogens is 385 g/mol. The molecule has 0 radical (unpaired) electrons. The van der Waals surface area contributed by atoms with Crippen molar-refractivity contribution >= 4 is 35.0 Å². The second-order valence-electron chi connectivity index (χ2n) is 6.47. The van der Waals surface area contributed by atoms with Gasteiger partial charge in [0.05, 0.1) is 28.1 Å².